The summed E-state index contributed by atoms with van der Waals surface area (Å²) in [6, 6.07) is -2.04. The molecule has 4 N–H and O–H groups in total. The maximum absolute atomic E-state index is 11.3. The molecule has 17 heavy (non-hydrogen) atoms. The first kappa shape index (κ1) is 13.3. The number of carboxylic acid groups (broad SMARTS) is 2. The number of hydrogen-bond donors (Lipinski definition) is 4. The molecule has 1 aliphatic carbocycles. The Morgan fingerprint density at radius 2 is 1.94 bits per heavy atom. The van der Waals surface area contributed by atoms with Gasteiger partial charge in [-0.15, -0.1) is 0 Å². The number of carbonyl (C=O) groups excluding carboxylic acids is 1. The van der Waals surface area contributed by atoms with Crippen LogP contribution in [0.2, 0.25) is 0 Å². The number of carbonyl (C=O) groups is 3. The Morgan fingerprint density at radius 3 is 2.35 bits per heavy atom. The van der Waals surface area contributed by atoms with Crippen LogP contribution in [0.15, 0.2) is 0 Å². The Kier molecular flexibility index (Phi) is 4.30. The lowest BCUT2D eigenvalue weighted by Crippen LogP contribution is -2.47. The van der Waals surface area contributed by atoms with Crippen LogP contribution in [0.3, 0.4) is 0 Å². The van der Waals surface area contributed by atoms with E-state index in [1.165, 1.54) is 0 Å². The highest BCUT2D eigenvalue weighted by Crippen LogP contribution is 2.36. The van der Waals surface area contributed by atoms with Crippen LogP contribution in [-0.4, -0.2) is 40.8 Å². The Hall–Kier alpha value is -1.79. The number of rotatable bonds is 6. The molecule has 3 atom stereocenters. The molecule has 0 saturated heterocycles. The van der Waals surface area contributed by atoms with Gasteiger partial charge in [0.25, 0.3) is 0 Å². The number of aliphatic carboxylic acids is 2. The lowest BCUT2D eigenvalue weighted by atomic mass is 10.2. The van der Waals surface area contributed by atoms with Crippen molar-refractivity contribution in [3.63, 3.8) is 0 Å². The van der Waals surface area contributed by atoms with Gasteiger partial charge in [-0.05, 0) is 18.3 Å². The first-order chi connectivity index (χ1) is 7.90. The van der Waals surface area contributed by atoms with E-state index >= 15 is 0 Å². The molecule has 0 spiro atoms. The van der Waals surface area contributed by atoms with Gasteiger partial charge in [0.2, 0.25) is 0 Å². The summed E-state index contributed by atoms with van der Waals surface area (Å²) in [5, 5.41) is 21.8. The second kappa shape index (κ2) is 5.51. The molecule has 3 unspecified atom stereocenters. The Balaban J connectivity index is 2.30. The smallest absolute Gasteiger partial charge is 0.326 e. The van der Waals surface area contributed by atoms with Gasteiger partial charge in [-0.2, -0.15) is 0 Å². The summed E-state index contributed by atoms with van der Waals surface area (Å²) in [5.74, 6) is -1.59. The van der Waals surface area contributed by atoms with E-state index in [9.17, 15) is 14.4 Å². The van der Waals surface area contributed by atoms with Crippen LogP contribution in [0.25, 0.3) is 0 Å². The molecule has 0 aliphatic heterocycles. The van der Waals surface area contributed by atoms with Gasteiger partial charge in [-0.1, -0.05) is 6.92 Å². The van der Waals surface area contributed by atoms with E-state index in [2.05, 4.69) is 17.6 Å². The van der Waals surface area contributed by atoms with Crippen LogP contribution < -0.4 is 10.6 Å². The van der Waals surface area contributed by atoms with E-state index in [0.717, 1.165) is 6.42 Å². The number of urea groups is 1. The molecule has 0 heterocycles. The van der Waals surface area contributed by atoms with E-state index in [4.69, 9.17) is 10.2 Å². The average Bonchev–Trinajstić information content (AvgIpc) is 2.90. The second-order valence-electron chi connectivity index (χ2n) is 4.32. The largest absolute Gasteiger partial charge is 0.481 e. The van der Waals surface area contributed by atoms with Crippen molar-refractivity contribution in [1.29, 1.82) is 0 Å². The van der Waals surface area contributed by atoms with Gasteiger partial charge in [-0.3, -0.25) is 4.79 Å². The minimum absolute atomic E-state index is 0.448. The summed E-state index contributed by atoms with van der Waals surface area (Å²) in [5.41, 5.74) is 0. The topological polar surface area (TPSA) is 116 Å². The highest BCUT2D eigenvalue weighted by atomic mass is 16.4. The zero-order chi connectivity index (χ0) is 13.0. The van der Waals surface area contributed by atoms with E-state index in [1.54, 1.807) is 0 Å². The minimum Gasteiger partial charge on any atom is -0.481 e. The fourth-order valence-corrected chi connectivity index (χ4v) is 1.49. The molecule has 1 aliphatic rings. The molecule has 0 bridgehead atoms. The fourth-order valence-electron chi connectivity index (χ4n) is 1.49. The summed E-state index contributed by atoms with van der Waals surface area (Å²) < 4.78 is 0. The standard InChI is InChI=1S/C10H16N2O5/c1-5-2-6(5)4-11-10(17)12-7(9(15)16)3-8(13)14/h5-7H,2-4H2,1H3,(H,13,14)(H,15,16)(H2,11,12,17). The predicted molar refractivity (Wildman–Crippen MR) is 57.5 cm³/mol. The Bertz CT molecular complexity index is 331. The van der Waals surface area contributed by atoms with Crippen molar-refractivity contribution in [2.45, 2.75) is 25.8 Å². The van der Waals surface area contributed by atoms with Crippen LogP contribution in [-0.2, 0) is 9.59 Å². The van der Waals surface area contributed by atoms with Gasteiger partial charge in [0.1, 0.15) is 6.04 Å². The number of amides is 2. The summed E-state index contributed by atoms with van der Waals surface area (Å²) in [7, 11) is 0. The Labute approximate surface area is 98.2 Å². The highest BCUT2D eigenvalue weighted by Gasteiger charge is 2.32. The zero-order valence-corrected chi connectivity index (χ0v) is 9.47. The summed E-state index contributed by atoms with van der Waals surface area (Å²) in [6.45, 7) is 2.56. The third kappa shape index (κ3) is 4.71. The SMILES string of the molecule is CC1CC1CNC(=O)NC(CC(=O)O)C(=O)O. The monoisotopic (exact) mass is 244 g/mol. The normalized spacial score (nSPS) is 23.6. The van der Waals surface area contributed by atoms with E-state index in [1.807, 2.05) is 0 Å². The van der Waals surface area contributed by atoms with Crippen LogP contribution in [0.5, 0.6) is 0 Å². The van der Waals surface area contributed by atoms with Crippen LogP contribution in [0, 0.1) is 11.8 Å². The van der Waals surface area contributed by atoms with E-state index in [-0.39, 0.29) is 0 Å². The van der Waals surface area contributed by atoms with Gasteiger partial charge < -0.3 is 20.8 Å². The van der Waals surface area contributed by atoms with Gasteiger partial charge in [-0.25, -0.2) is 9.59 Å². The van der Waals surface area contributed by atoms with Crippen molar-refractivity contribution in [3.8, 4) is 0 Å². The number of hydrogen-bond acceptors (Lipinski definition) is 3. The first-order valence-electron chi connectivity index (χ1n) is 5.39. The lowest BCUT2D eigenvalue weighted by Gasteiger charge is -2.13. The van der Waals surface area contributed by atoms with Crippen molar-refractivity contribution in [2.24, 2.45) is 11.8 Å². The van der Waals surface area contributed by atoms with Crippen LogP contribution >= 0.6 is 0 Å². The van der Waals surface area contributed by atoms with Gasteiger partial charge >= 0.3 is 18.0 Å². The van der Waals surface area contributed by atoms with Crippen molar-refractivity contribution in [1.82, 2.24) is 10.6 Å². The molecule has 7 heteroatoms. The first-order valence-corrected chi connectivity index (χ1v) is 5.39. The van der Waals surface area contributed by atoms with Crippen LogP contribution in [0.1, 0.15) is 19.8 Å². The average molecular weight is 244 g/mol. The molecular weight excluding hydrogens is 228 g/mol. The molecule has 96 valence electrons. The quantitative estimate of drug-likeness (QED) is 0.519. The molecule has 0 radical (unpaired) electrons. The lowest BCUT2D eigenvalue weighted by molar-refractivity contribution is -0.145. The van der Waals surface area contributed by atoms with Crippen molar-refractivity contribution in [2.75, 3.05) is 6.54 Å². The maximum Gasteiger partial charge on any atom is 0.326 e. The summed E-state index contributed by atoms with van der Waals surface area (Å²) >= 11 is 0. The molecule has 1 saturated carbocycles. The zero-order valence-electron chi connectivity index (χ0n) is 9.47. The maximum atomic E-state index is 11.3. The third-order valence-electron chi connectivity index (χ3n) is 2.78. The van der Waals surface area contributed by atoms with E-state index in [0.29, 0.717) is 18.4 Å². The molecule has 0 aromatic heterocycles. The third-order valence-corrected chi connectivity index (χ3v) is 2.78. The molecule has 2 amide bonds. The fraction of sp³-hybridized carbons (Fsp3) is 0.700. The van der Waals surface area contributed by atoms with Crippen molar-refractivity contribution >= 4 is 18.0 Å². The number of nitrogens with one attached hydrogen (secondary N) is 2. The summed E-state index contributed by atoms with van der Waals surface area (Å²) in [6.07, 6.45) is 0.417. The molecule has 0 aromatic rings. The second-order valence-corrected chi connectivity index (χ2v) is 4.32. The van der Waals surface area contributed by atoms with Gasteiger partial charge in [0.15, 0.2) is 0 Å². The molecule has 1 rings (SSSR count). The molecule has 1 fully saturated rings. The van der Waals surface area contributed by atoms with Crippen LogP contribution in [0.4, 0.5) is 4.79 Å². The van der Waals surface area contributed by atoms with Crippen molar-refractivity contribution in [3.05, 3.63) is 0 Å². The van der Waals surface area contributed by atoms with Gasteiger partial charge in [0.05, 0.1) is 6.42 Å². The van der Waals surface area contributed by atoms with E-state index < -0.39 is 30.4 Å². The molecule has 7 nitrogen and oxygen atoms in total. The Morgan fingerprint density at radius 1 is 1.35 bits per heavy atom. The number of carboxylic acids is 2. The minimum atomic E-state index is -1.40. The summed E-state index contributed by atoms with van der Waals surface area (Å²) in [4.78, 5) is 32.3. The molecule has 0 aromatic carbocycles. The predicted octanol–water partition coefficient (Wildman–Crippen LogP) is -0.130. The molecular formula is C10H16N2O5. The van der Waals surface area contributed by atoms with Crippen molar-refractivity contribution < 1.29 is 24.6 Å². The van der Waals surface area contributed by atoms with Gasteiger partial charge in [0, 0.05) is 6.54 Å². The highest BCUT2D eigenvalue weighted by molar-refractivity contribution is 5.86.